The van der Waals surface area contributed by atoms with E-state index in [1.807, 2.05) is 0 Å². The fourth-order valence-corrected chi connectivity index (χ4v) is 2.37. The minimum absolute atomic E-state index is 0.724. The van der Waals surface area contributed by atoms with Crippen LogP contribution in [0.25, 0.3) is 0 Å². The van der Waals surface area contributed by atoms with E-state index in [0.29, 0.717) is 0 Å². The van der Waals surface area contributed by atoms with Gasteiger partial charge in [-0.3, -0.25) is 0 Å². The summed E-state index contributed by atoms with van der Waals surface area (Å²) in [6.45, 7) is 4.63. The molecule has 0 radical (unpaired) electrons. The van der Waals surface area contributed by atoms with Crippen LogP contribution in [0.4, 0.5) is 0 Å². The van der Waals surface area contributed by atoms with Crippen LogP contribution in [0, 0.1) is 5.92 Å². The van der Waals surface area contributed by atoms with Crippen LogP contribution in [0.1, 0.15) is 39.5 Å². The predicted octanol–water partition coefficient (Wildman–Crippen LogP) is 4.01. The number of hydrogen-bond acceptors (Lipinski definition) is 0. The van der Waals surface area contributed by atoms with Gasteiger partial charge < -0.3 is 0 Å². The maximum absolute atomic E-state index is 2.40. The summed E-state index contributed by atoms with van der Waals surface area (Å²) < 4.78 is 0. The van der Waals surface area contributed by atoms with Crippen molar-refractivity contribution in [3.63, 3.8) is 0 Å². The molecule has 0 saturated carbocycles. The SMILES string of the molecule is CC(C)C1=C2C=CCC=C2CCC1. The van der Waals surface area contributed by atoms with Gasteiger partial charge in [0.2, 0.25) is 0 Å². The molecule has 2 rings (SSSR count). The Morgan fingerprint density at radius 3 is 2.85 bits per heavy atom. The van der Waals surface area contributed by atoms with E-state index in [0.717, 1.165) is 12.3 Å². The lowest BCUT2D eigenvalue weighted by Crippen LogP contribution is -2.08. The minimum Gasteiger partial charge on any atom is -0.0801 e. The number of allylic oxidation sites excluding steroid dienone is 6. The first-order chi connectivity index (χ1) is 6.29. The Morgan fingerprint density at radius 2 is 2.08 bits per heavy atom. The molecular formula is C13H18. The first kappa shape index (κ1) is 8.80. The van der Waals surface area contributed by atoms with Gasteiger partial charge >= 0.3 is 0 Å². The van der Waals surface area contributed by atoms with Gasteiger partial charge in [0.25, 0.3) is 0 Å². The van der Waals surface area contributed by atoms with Crippen molar-refractivity contribution >= 4 is 0 Å². The zero-order valence-corrected chi connectivity index (χ0v) is 8.64. The quantitative estimate of drug-likeness (QED) is 0.563. The van der Waals surface area contributed by atoms with Gasteiger partial charge in [0.1, 0.15) is 0 Å². The molecule has 0 N–H and O–H groups in total. The lowest BCUT2D eigenvalue weighted by Gasteiger charge is -2.25. The molecule has 0 spiro atoms. The highest BCUT2D eigenvalue weighted by molar-refractivity contribution is 5.48. The highest BCUT2D eigenvalue weighted by Crippen LogP contribution is 2.36. The lowest BCUT2D eigenvalue weighted by atomic mass is 9.80. The van der Waals surface area contributed by atoms with Crippen LogP contribution in [-0.4, -0.2) is 0 Å². The second kappa shape index (κ2) is 3.53. The van der Waals surface area contributed by atoms with E-state index in [1.165, 1.54) is 19.3 Å². The highest BCUT2D eigenvalue weighted by Gasteiger charge is 2.18. The monoisotopic (exact) mass is 174 g/mol. The van der Waals surface area contributed by atoms with E-state index in [4.69, 9.17) is 0 Å². The van der Waals surface area contributed by atoms with E-state index in [-0.39, 0.29) is 0 Å². The zero-order chi connectivity index (χ0) is 9.26. The van der Waals surface area contributed by atoms with Crippen molar-refractivity contribution in [2.75, 3.05) is 0 Å². The maximum Gasteiger partial charge on any atom is -0.0160 e. The smallest absolute Gasteiger partial charge is 0.0160 e. The average Bonchev–Trinajstić information content (AvgIpc) is 2.17. The molecule has 0 atom stereocenters. The Kier molecular flexibility index (Phi) is 2.39. The second-order valence-corrected chi connectivity index (χ2v) is 4.31. The van der Waals surface area contributed by atoms with Gasteiger partial charge in [-0.15, -0.1) is 0 Å². The minimum atomic E-state index is 0.724. The third-order valence-corrected chi connectivity index (χ3v) is 3.07. The zero-order valence-electron chi connectivity index (χ0n) is 8.64. The molecule has 2 aliphatic rings. The average molecular weight is 174 g/mol. The van der Waals surface area contributed by atoms with Gasteiger partial charge in [-0.2, -0.15) is 0 Å². The van der Waals surface area contributed by atoms with Crippen LogP contribution in [0.2, 0.25) is 0 Å². The van der Waals surface area contributed by atoms with E-state index >= 15 is 0 Å². The third kappa shape index (κ3) is 1.63. The van der Waals surface area contributed by atoms with Crippen LogP contribution in [0.15, 0.2) is 34.9 Å². The molecule has 0 fully saturated rings. The largest absolute Gasteiger partial charge is 0.0801 e. The summed E-state index contributed by atoms with van der Waals surface area (Å²) in [7, 11) is 0. The van der Waals surface area contributed by atoms with Gasteiger partial charge in [0.15, 0.2) is 0 Å². The first-order valence-corrected chi connectivity index (χ1v) is 5.38. The van der Waals surface area contributed by atoms with Crippen LogP contribution in [0.3, 0.4) is 0 Å². The molecule has 0 aromatic rings. The molecule has 13 heavy (non-hydrogen) atoms. The third-order valence-electron chi connectivity index (χ3n) is 3.07. The summed E-state index contributed by atoms with van der Waals surface area (Å²) >= 11 is 0. The van der Waals surface area contributed by atoms with E-state index in [1.54, 1.807) is 16.7 Å². The molecule has 0 aromatic heterocycles. The maximum atomic E-state index is 2.40. The van der Waals surface area contributed by atoms with E-state index < -0.39 is 0 Å². The summed E-state index contributed by atoms with van der Waals surface area (Å²) in [6, 6.07) is 0. The standard InChI is InChI=1S/C13H18/c1-10(2)12-9-5-7-11-6-3-4-8-13(11)12/h4,6,8,10H,3,5,7,9H2,1-2H3. The van der Waals surface area contributed by atoms with Crippen molar-refractivity contribution in [3.8, 4) is 0 Å². The van der Waals surface area contributed by atoms with Crippen LogP contribution < -0.4 is 0 Å². The summed E-state index contributed by atoms with van der Waals surface area (Å²) in [5.41, 5.74) is 4.85. The molecule has 0 bridgehead atoms. The molecule has 0 heteroatoms. The molecule has 2 aliphatic carbocycles. The molecule has 0 aliphatic heterocycles. The Hall–Kier alpha value is -0.780. The lowest BCUT2D eigenvalue weighted by molar-refractivity contribution is 0.649. The number of hydrogen-bond donors (Lipinski definition) is 0. The summed E-state index contributed by atoms with van der Waals surface area (Å²) in [5.74, 6) is 0.724. The number of fused-ring (bicyclic) bond motifs is 1. The van der Waals surface area contributed by atoms with Crippen molar-refractivity contribution in [3.05, 3.63) is 34.9 Å². The summed E-state index contributed by atoms with van der Waals surface area (Å²) in [5, 5.41) is 0. The molecule has 70 valence electrons. The van der Waals surface area contributed by atoms with Gasteiger partial charge in [0, 0.05) is 0 Å². The normalized spacial score (nSPS) is 21.9. The molecule has 0 heterocycles. The molecule has 0 unspecified atom stereocenters. The van der Waals surface area contributed by atoms with Gasteiger partial charge in [-0.25, -0.2) is 0 Å². The second-order valence-electron chi connectivity index (χ2n) is 4.31. The molecular weight excluding hydrogens is 156 g/mol. The van der Waals surface area contributed by atoms with Crippen molar-refractivity contribution < 1.29 is 0 Å². The topological polar surface area (TPSA) is 0 Å². The molecule has 0 nitrogen and oxygen atoms in total. The fraction of sp³-hybridized carbons (Fsp3) is 0.538. The van der Waals surface area contributed by atoms with E-state index in [2.05, 4.69) is 32.1 Å². The fourth-order valence-electron chi connectivity index (χ4n) is 2.37. The van der Waals surface area contributed by atoms with Crippen LogP contribution >= 0.6 is 0 Å². The van der Waals surface area contributed by atoms with Crippen molar-refractivity contribution in [1.29, 1.82) is 0 Å². The van der Waals surface area contributed by atoms with Crippen molar-refractivity contribution in [1.82, 2.24) is 0 Å². The number of rotatable bonds is 1. The van der Waals surface area contributed by atoms with Crippen molar-refractivity contribution in [2.24, 2.45) is 5.92 Å². The molecule has 0 saturated heterocycles. The summed E-state index contributed by atoms with van der Waals surface area (Å²) in [6.07, 6.45) is 12.1. The molecule has 0 aromatic carbocycles. The van der Waals surface area contributed by atoms with Crippen LogP contribution in [-0.2, 0) is 0 Å². The van der Waals surface area contributed by atoms with E-state index in [9.17, 15) is 0 Å². The molecule has 0 amide bonds. The van der Waals surface area contributed by atoms with Crippen molar-refractivity contribution in [2.45, 2.75) is 39.5 Å². The van der Waals surface area contributed by atoms with Crippen LogP contribution in [0.5, 0.6) is 0 Å². The predicted molar refractivity (Wildman–Crippen MR) is 57.6 cm³/mol. The van der Waals surface area contributed by atoms with Gasteiger partial charge in [0.05, 0.1) is 0 Å². The Morgan fingerprint density at radius 1 is 1.23 bits per heavy atom. The first-order valence-electron chi connectivity index (χ1n) is 5.38. The van der Waals surface area contributed by atoms with Gasteiger partial charge in [-0.1, -0.05) is 37.6 Å². The highest BCUT2D eigenvalue weighted by atomic mass is 14.2. The Labute approximate surface area is 81.0 Å². The Bertz CT molecular complexity index is 287. The Balaban J connectivity index is 2.40. The summed E-state index contributed by atoms with van der Waals surface area (Å²) in [4.78, 5) is 0. The van der Waals surface area contributed by atoms with Gasteiger partial charge in [-0.05, 0) is 42.7 Å².